The average Bonchev–Trinajstić information content (AvgIpc) is 2.38. The van der Waals surface area contributed by atoms with E-state index in [1.165, 1.54) is 25.7 Å². The molecule has 18 heavy (non-hydrogen) atoms. The number of hydrogen-bond donors (Lipinski definition) is 2. The van der Waals surface area contributed by atoms with Gasteiger partial charge in [0.05, 0.1) is 6.61 Å². The van der Waals surface area contributed by atoms with Crippen LogP contribution in [-0.2, 0) is 11.3 Å². The molecule has 0 aliphatic rings. The Hall–Kier alpha value is -0.835. The van der Waals surface area contributed by atoms with Gasteiger partial charge in [0.2, 0.25) is 0 Å². The summed E-state index contributed by atoms with van der Waals surface area (Å²) in [5.74, 6) is 0. The van der Waals surface area contributed by atoms with Gasteiger partial charge in [-0.15, -0.1) is 0 Å². The van der Waals surface area contributed by atoms with Crippen molar-refractivity contribution in [3.05, 3.63) is 29.8 Å². The normalized spacial score (nSPS) is 10.6. The fraction of sp³-hybridized carbons (Fsp3) is 0.571. The van der Waals surface area contributed by atoms with Crippen LogP contribution in [0.3, 0.4) is 0 Å². The van der Waals surface area contributed by atoms with Crippen molar-refractivity contribution >= 4 is 12.6 Å². The Morgan fingerprint density at radius 3 is 2.50 bits per heavy atom. The molecule has 0 atom stereocenters. The minimum atomic E-state index is -1.42. The summed E-state index contributed by atoms with van der Waals surface area (Å²) in [6, 6.07) is 7.26. The van der Waals surface area contributed by atoms with Crippen molar-refractivity contribution in [2.24, 2.45) is 0 Å². The average molecular weight is 250 g/mol. The van der Waals surface area contributed by atoms with Crippen LogP contribution >= 0.6 is 0 Å². The van der Waals surface area contributed by atoms with Gasteiger partial charge in [0.15, 0.2) is 0 Å². The fourth-order valence-electron chi connectivity index (χ4n) is 1.91. The molecule has 0 amide bonds. The summed E-state index contributed by atoms with van der Waals surface area (Å²) < 4.78 is 5.57. The van der Waals surface area contributed by atoms with Crippen LogP contribution in [0.4, 0.5) is 0 Å². The van der Waals surface area contributed by atoms with Crippen LogP contribution in [0.2, 0.25) is 0 Å². The van der Waals surface area contributed by atoms with Gasteiger partial charge >= 0.3 is 7.12 Å². The molecule has 0 saturated carbocycles. The van der Waals surface area contributed by atoms with E-state index in [-0.39, 0.29) is 0 Å². The third kappa shape index (κ3) is 5.67. The first-order chi connectivity index (χ1) is 8.75. The second kappa shape index (κ2) is 9.14. The van der Waals surface area contributed by atoms with Gasteiger partial charge in [0.25, 0.3) is 0 Å². The summed E-state index contributed by atoms with van der Waals surface area (Å²) in [5.41, 5.74) is 1.38. The molecule has 3 nitrogen and oxygen atoms in total. The van der Waals surface area contributed by atoms with Gasteiger partial charge in [-0.05, 0) is 17.4 Å². The lowest BCUT2D eigenvalue weighted by Gasteiger charge is -2.09. The van der Waals surface area contributed by atoms with Crippen LogP contribution in [-0.4, -0.2) is 23.8 Å². The van der Waals surface area contributed by atoms with E-state index in [4.69, 9.17) is 4.74 Å². The summed E-state index contributed by atoms with van der Waals surface area (Å²) in [6.07, 6.45) is 6.09. The number of rotatable bonds is 9. The molecule has 0 aromatic heterocycles. The molecule has 1 aromatic rings. The highest BCUT2D eigenvalue weighted by Crippen LogP contribution is 2.04. The predicted molar refractivity (Wildman–Crippen MR) is 74.7 cm³/mol. The molecule has 1 rings (SSSR count). The topological polar surface area (TPSA) is 49.7 Å². The van der Waals surface area contributed by atoms with Gasteiger partial charge in [-0.3, -0.25) is 0 Å². The lowest BCUT2D eigenvalue weighted by molar-refractivity contribution is 0.117. The van der Waals surface area contributed by atoms with E-state index in [9.17, 15) is 10.0 Å². The van der Waals surface area contributed by atoms with Gasteiger partial charge in [-0.25, -0.2) is 0 Å². The van der Waals surface area contributed by atoms with Gasteiger partial charge < -0.3 is 14.8 Å². The Morgan fingerprint density at radius 2 is 1.78 bits per heavy atom. The van der Waals surface area contributed by atoms with Gasteiger partial charge in [-0.2, -0.15) is 0 Å². The summed E-state index contributed by atoms with van der Waals surface area (Å²) >= 11 is 0. The molecular weight excluding hydrogens is 227 g/mol. The van der Waals surface area contributed by atoms with Crippen LogP contribution in [0.25, 0.3) is 0 Å². The lowest BCUT2D eigenvalue weighted by Crippen LogP contribution is -2.33. The predicted octanol–water partition coefficient (Wildman–Crippen LogP) is 1.85. The van der Waals surface area contributed by atoms with Crippen LogP contribution in [0.5, 0.6) is 0 Å². The number of ether oxygens (including phenoxy) is 1. The Labute approximate surface area is 110 Å². The molecular formula is C14H23BO3. The molecule has 0 bridgehead atoms. The smallest absolute Gasteiger partial charge is 0.423 e. The zero-order valence-electron chi connectivity index (χ0n) is 11.1. The summed E-state index contributed by atoms with van der Waals surface area (Å²) in [4.78, 5) is 0. The van der Waals surface area contributed by atoms with E-state index in [2.05, 4.69) is 6.92 Å². The fourth-order valence-corrected chi connectivity index (χ4v) is 1.91. The van der Waals surface area contributed by atoms with Crippen molar-refractivity contribution in [2.45, 2.75) is 45.6 Å². The van der Waals surface area contributed by atoms with Crippen LogP contribution in [0.1, 0.15) is 44.6 Å². The largest absolute Gasteiger partial charge is 0.488 e. The molecule has 1 aromatic carbocycles. The summed E-state index contributed by atoms with van der Waals surface area (Å²) in [6.45, 7) is 3.38. The molecule has 0 unspecified atom stereocenters. The third-order valence-electron chi connectivity index (χ3n) is 2.98. The quantitative estimate of drug-likeness (QED) is 0.519. The molecule has 100 valence electrons. The SMILES string of the molecule is CCCCCCCOCc1ccccc1B(O)O. The maximum atomic E-state index is 9.20. The first-order valence-electron chi connectivity index (χ1n) is 6.77. The maximum absolute atomic E-state index is 9.20. The molecule has 4 heteroatoms. The molecule has 0 saturated heterocycles. The highest BCUT2D eigenvalue weighted by molar-refractivity contribution is 6.59. The Kier molecular flexibility index (Phi) is 7.73. The van der Waals surface area contributed by atoms with Crippen LogP contribution in [0, 0.1) is 0 Å². The van der Waals surface area contributed by atoms with Crippen molar-refractivity contribution in [3.8, 4) is 0 Å². The highest BCUT2D eigenvalue weighted by Gasteiger charge is 2.14. The Bertz CT molecular complexity index is 329. The maximum Gasteiger partial charge on any atom is 0.488 e. The molecule has 0 aliphatic heterocycles. The number of benzene rings is 1. The second-order valence-electron chi connectivity index (χ2n) is 4.54. The molecule has 0 radical (unpaired) electrons. The van der Waals surface area contributed by atoms with Crippen LogP contribution in [0.15, 0.2) is 24.3 Å². The highest BCUT2D eigenvalue weighted by atomic mass is 16.5. The molecule has 0 spiro atoms. The number of unbranched alkanes of at least 4 members (excludes halogenated alkanes) is 4. The van der Waals surface area contributed by atoms with E-state index < -0.39 is 7.12 Å². The second-order valence-corrected chi connectivity index (χ2v) is 4.54. The summed E-state index contributed by atoms with van der Waals surface area (Å²) in [7, 11) is -1.42. The summed E-state index contributed by atoms with van der Waals surface area (Å²) in [5, 5.41) is 18.4. The van der Waals surface area contributed by atoms with Crippen molar-refractivity contribution in [3.63, 3.8) is 0 Å². The standard InChI is InChI=1S/C14H23BO3/c1-2-3-4-5-8-11-18-12-13-9-6-7-10-14(13)15(16)17/h6-7,9-10,16-17H,2-5,8,11-12H2,1H3. The first kappa shape index (κ1) is 15.2. The van der Waals surface area contributed by atoms with E-state index in [0.29, 0.717) is 12.1 Å². The van der Waals surface area contributed by atoms with E-state index in [1.807, 2.05) is 12.1 Å². The first-order valence-corrected chi connectivity index (χ1v) is 6.77. The minimum absolute atomic E-state index is 0.446. The van der Waals surface area contributed by atoms with Crippen molar-refractivity contribution in [1.29, 1.82) is 0 Å². The van der Waals surface area contributed by atoms with Gasteiger partial charge in [-0.1, -0.05) is 56.9 Å². The van der Waals surface area contributed by atoms with Gasteiger partial charge in [0, 0.05) is 6.61 Å². The van der Waals surface area contributed by atoms with Crippen LogP contribution < -0.4 is 5.46 Å². The molecule has 0 fully saturated rings. The minimum Gasteiger partial charge on any atom is -0.423 e. The van der Waals surface area contributed by atoms with E-state index in [0.717, 1.165) is 18.6 Å². The van der Waals surface area contributed by atoms with Crippen molar-refractivity contribution in [2.75, 3.05) is 6.61 Å². The third-order valence-corrected chi connectivity index (χ3v) is 2.98. The monoisotopic (exact) mass is 250 g/mol. The number of hydrogen-bond acceptors (Lipinski definition) is 3. The van der Waals surface area contributed by atoms with Gasteiger partial charge in [0.1, 0.15) is 0 Å². The zero-order chi connectivity index (χ0) is 13.2. The Balaban J connectivity index is 2.23. The van der Waals surface area contributed by atoms with Crippen molar-refractivity contribution < 1.29 is 14.8 Å². The molecule has 0 heterocycles. The molecule has 0 aliphatic carbocycles. The van der Waals surface area contributed by atoms with E-state index in [1.54, 1.807) is 12.1 Å². The zero-order valence-corrected chi connectivity index (χ0v) is 11.1. The lowest BCUT2D eigenvalue weighted by atomic mass is 9.77. The Morgan fingerprint density at radius 1 is 1.06 bits per heavy atom. The van der Waals surface area contributed by atoms with E-state index >= 15 is 0 Å². The van der Waals surface area contributed by atoms with Crippen molar-refractivity contribution in [1.82, 2.24) is 0 Å². The molecule has 2 N–H and O–H groups in total.